The molecule has 8 heteroatoms. The van der Waals surface area contributed by atoms with E-state index in [0.29, 0.717) is 17.4 Å². The maximum Gasteiger partial charge on any atom is 0.243 e. The van der Waals surface area contributed by atoms with E-state index in [1.807, 2.05) is 35.7 Å². The van der Waals surface area contributed by atoms with Gasteiger partial charge in [0.1, 0.15) is 6.54 Å². The highest BCUT2D eigenvalue weighted by Crippen LogP contribution is 2.19. The predicted molar refractivity (Wildman–Crippen MR) is 84.4 cm³/mol. The quantitative estimate of drug-likeness (QED) is 0.778. The SMILES string of the molecule is O=C(Cn1nnc(-c2cccs2)n1)NCc1ccccc1Cl. The number of carbonyl (C=O) groups excluding carboxylic acids is 1. The Morgan fingerprint density at radius 1 is 1.27 bits per heavy atom. The molecule has 6 nitrogen and oxygen atoms in total. The number of benzene rings is 1. The largest absolute Gasteiger partial charge is 0.350 e. The molecule has 0 spiro atoms. The van der Waals surface area contributed by atoms with Crippen molar-refractivity contribution in [1.82, 2.24) is 25.5 Å². The summed E-state index contributed by atoms with van der Waals surface area (Å²) in [5, 5.41) is 17.3. The fraction of sp³-hybridized carbons (Fsp3) is 0.143. The molecular weight excluding hydrogens is 322 g/mol. The van der Waals surface area contributed by atoms with E-state index in [1.54, 1.807) is 6.07 Å². The molecule has 0 fully saturated rings. The molecule has 0 unspecified atom stereocenters. The van der Waals surface area contributed by atoms with Gasteiger partial charge >= 0.3 is 0 Å². The van der Waals surface area contributed by atoms with Crippen LogP contribution < -0.4 is 5.32 Å². The van der Waals surface area contributed by atoms with Gasteiger partial charge in [-0.1, -0.05) is 35.9 Å². The number of tetrazole rings is 1. The number of nitrogens with one attached hydrogen (secondary N) is 1. The molecule has 0 aliphatic heterocycles. The second kappa shape index (κ2) is 6.67. The van der Waals surface area contributed by atoms with Crippen molar-refractivity contribution >= 4 is 28.8 Å². The number of hydrogen-bond acceptors (Lipinski definition) is 5. The van der Waals surface area contributed by atoms with Crippen LogP contribution in [0.3, 0.4) is 0 Å². The van der Waals surface area contributed by atoms with Gasteiger partial charge in [-0.2, -0.15) is 4.80 Å². The normalized spacial score (nSPS) is 10.6. The molecule has 1 amide bonds. The third kappa shape index (κ3) is 3.49. The van der Waals surface area contributed by atoms with Crippen LogP contribution in [0.5, 0.6) is 0 Å². The number of thiophene rings is 1. The standard InChI is InChI=1S/C14H12ClN5OS/c15-11-5-2-1-4-10(11)8-16-13(21)9-20-18-14(17-19-20)12-6-3-7-22-12/h1-7H,8-9H2,(H,16,21). The Hall–Kier alpha value is -2.25. The van der Waals surface area contributed by atoms with Crippen molar-refractivity contribution in [2.45, 2.75) is 13.1 Å². The van der Waals surface area contributed by atoms with Gasteiger partial charge in [-0.3, -0.25) is 4.79 Å². The third-order valence-corrected chi connectivity index (χ3v) is 4.15. The van der Waals surface area contributed by atoms with Crippen LogP contribution in [0.25, 0.3) is 10.7 Å². The molecule has 0 radical (unpaired) electrons. The molecule has 0 aliphatic carbocycles. The molecule has 0 aliphatic rings. The van der Waals surface area contributed by atoms with Gasteiger partial charge in [0.15, 0.2) is 0 Å². The average Bonchev–Trinajstić information content (AvgIpc) is 3.17. The van der Waals surface area contributed by atoms with E-state index >= 15 is 0 Å². The molecule has 1 aromatic carbocycles. The van der Waals surface area contributed by atoms with E-state index in [2.05, 4.69) is 20.7 Å². The average molecular weight is 334 g/mol. The molecule has 2 heterocycles. The molecule has 0 saturated heterocycles. The number of nitrogens with zero attached hydrogens (tertiary/aromatic N) is 4. The van der Waals surface area contributed by atoms with Gasteiger partial charge in [0.2, 0.25) is 11.7 Å². The summed E-state index contributed by atoms with van der Waals surface area (Å²) in [6, 6.07) is 11.2. The van der Waals surface area contributed by atoms with Crippen molar-refractivity contribution in [2.75, 3.05) is 0 Å². The molecule has 3 rings (SSSR count). The van der Waals surface area contributed by atoms with Crippen LogP contribution in [0, 0.1) is 0 Å². The van der Waals surface area contributed by atoms with Crippen LogP contribution in [-0.2, 0) is 17.9 Å². The maximum atomic E-state index is 11.9. The number of hydrogen-bond donors (Lipinski definition) is 1. The summed E-state index contributed by atoms with van der Waals surface area (Å²) < 4.78 is 0. The molecule has 112 valence electrons. The minimum atomic E-state index is -0.199. The van der Waals surface area contributed by atoms with Crippen molar-refractivity contribution in [2.24, 2.45) is 0 Å². The van der Waals surface area contributed by atoms with Crippen molar-refractivity contribution < 1.29 is 4.79 Å². The van der Waals surface area contributed by atoms with Gasteiger partial charge in [-0.25, -0.2) is 0 Å². The van der Waals surface area contributed by atoms with Crippen LogP contribution in [0.1, 0.15) is 5.56 Å². The topological polar surface area (TPSA) is 72.7 Å². The van der Waals surface area contributed by atoms with Gasteiger partial charge in [0, 0.05) is 11.6 Å². The first-order valence-corrected chi connectivity index (χ1v) is 7.80. The minimum Gasteiger partial charge on any atom is -0.350 e. The van der Waals surface area contributed by atoms with E-state index in [-0.39, 0.29) is 12.5 Å². The first-order valence-electron chi connectivity index (χ1n) is 6.54. The lowest BCUT2D eigenvalue weighted by Gasteiger charge is -2.06. The Labute approximate surface area is 135 Å². The van der Waals surface area contributed by atoms with E-state index < -0.39 is 0 Å². The van der Waals surface area contributed by atoms with Crippen LogP contribution in [0.2, 0.25) is 5.02 Å². The second-order valence-electron chi connectivity index (χ2n) is 4.49. The van der Waals surface area contributed by atoms with Crippen molar-refractivity contribution in [3.05, 3.63) is 52.4 Å². The maximum absolute atomic E-state index is 11.9. The Balaban J connectivity index is 1.57. The molecule has 0 atom stereocenters. The summed E-state index contributed by atoms with van der Waals surface area (Å²) in [6.07, 6.45) is 0. The molecule has 0 bridgehead atoms. The smallest absolute Gasteiger partial charge is 0.243 e. The summed E-state index contributed by atoms with van der Waals surface area (Å²) in [6.45, 7) is 0.383. The van der Waals surface area contributed by atoms with E-state index in [0.717, 1.165) is 10.4 Å². The monoisotopic (exact) mass is 333 g/mol. The zero-order chi connectivity index (χ0) is 15.4. The molecule has 2 aromatic heterocycles. The van der Waals surface area contributed by atoms with Crippen LogP contribution in [0.15, 0.2) is 41.8 Å². The third-order valence-electron chi connectivity index (χ3n) is 2.91. The van der Waals surface area contributed by atoms with Gasteiger partial charge in [0.25, 0.3) is 0 Å². The molecule has 1 N–H and O–H groups in total. The zero-order valence-corrected chi connectivity index (χ0v) is 13.0. The highest BCUT2D eigenvalue weighted by molar-refractivity contribution is 7.13. The lowest BCUT2D eigenvalue weighted by molar-refractivity contribution is -0.122. The Morgan fingerprint density at radius 2 is 2.14 bits per heavy atom. The van der Waals surface area contributed by atoms with Gasteiger partial charge in [-0.15, -0.1) is 21.5 Å². The van der Waals surface area contributed by atoms with Crippen LogP contribution in [-0.4, -0.2) is 26.1 Å². The fourth-order valence-electron chi connectivity index (χ4n) is 1.83. The number of rotatable bonds is 5. The van der Waals surface area contributed by atoms with E-state index in [9.17, 15) is 4.79 Å². The summed E-state index contributed by atoms with van der Waals surface area (Å²) in [5.74, 6) is 0.323. The minimum absolute atomic E-state index is 0.0167. The molecule has 22 heavy (non-hydrogen) atoms. The van der Waals surface area contributed by atoms with E-state index in [4.69, 9.17) is 11.6 Å². The molecular formula is C14H12ClN5OS. The Bertz CT molecular complexity index is 771. The second-order valence-corrected chi connectivity index (χ2v) is 5.84. The summed E-state index contributed by atoms with van der Waals surface area (Å²) in [5.41, 5.74) is 0.864. The lowest BCUT2D eigenvalue weighted by Crippen LogP contribution is -2.28. The first-order chi connectivity index (χ1) is 10.7. The zero-order valence-electron chi connectivity index (χ0n) is 11.4. The first kappa shape index (κ1) is 14.7. The highest BCUT2D eigenvalue weighted by Gasteiger charge is 2.10. The van der Waals surface area contributed by atoms with Crippen LogP contribution >= 0.6 is 22.9 Å². The van der Waals surface area contributed by atoms with Crippen molar-refractivity contribution in [3.63, 3.8) is 0 Å². The van der Waals surface area contributed by atoms with Gasteiger partial charge in [0.05, 0.1) is 4.88 Å². The van der Waals surface area contributed by atoms with Gasteiger partial charge < -0.3 is 5.32 Å². The fourth-order valence-corrected chi connectivity index (χ4v) is 2.69. The predicted octanol–water partition coefficient (Wildman–Crippen LogP) is 2.37. The number of carbonyl (C=O) groups is 1. The Kier molecular flexibility index (Phi) is 4.45. The van der Waals surface area contributed by atoms with Crippen LogP contribution in [0.4, 0.5) is 0 Å². The lowest BCUT2D eigenvalue weighted by atomic mass is 10.2. The number of halogens is 1. The highest BCUT2D eigenvalue weighted by atomic mass is 35.5. The number of amides is 1. The van der Waals surface area contributed by atoms with E-state index in [1.165, 1.54) is 16.1 Å². The summed E-state index contributed by atoms with van der Waals surface area (Å²) in [4.78, 5) is 14.1. The number of aromatic nitrogens is 4. The van der Waals surface area contributed by atoms with Crippen molar-refractivity contribution in [1.29, 1.82) is 0 Å². The molecule has 0 saturated carbocycles. The van der Waals surface area contributed by atoms with Gasteiger partial charge in [-0.05, 0) is 28.3 Å². The Morgan fingerprint density at radius 3 is 2.91 bits per heavy atom. The summed E-state index contributed by atoms with van der Waals surface area (Å²) >= 11 is 7.56. The van der Waals surface area contributed by atoms with Crippen molar-refractivity contribution in [3.8, 4) is 10.7 Å². The molecule has 3 aromatic rings. The summed E-state index contributed by atoms with van der Waals surface area (Å²) in [7, 11) is 0.